The first-order valence-corrected chi connectivity index (χ1v) is 8.16. The Labute approximate surface area is 141 Å². The molecular weight excluding hydrogens is 304 g/mol. The van der Waals surface area contributed by atoms with Crippen molar-refractivity contribution in [2.75, 3.05) is 7.05 Å². The maximum atomic E-state index is 5.44. The van der Waals surface area contributed by atoms with Crippen LogP contribution in [0.25, 0.3) is 11.3 Å². The van der Waals surface area contributed by atoms with E-state index in [0.29, 0.717) is 19.0 Å². The zero-order valence-electron chi connectivity index (χ0n) is 14.3. The number of benzene rings is 1. The molecule has 0 radical (unpaired) electrons. The molecule has 0 bridgehead atoms. The normalized spacial score (nSPS) is 11.3. The first-order valence-electron chi connectivity index (χ1n) is 8.16. The Hall–Kier alpha value is -2.47. The summed E-state index contributed by atoms with van der Waals surface area (Å²) in [5.74, 6) is 2.20. The van der Waals surface area contributed by atoms with E-state index < -0.39 is 0 Å². The molecule has 0 N–H and O–H groups in total. The maximum Gasteiger partial charge on any atom is 0.240 e. The van der Waals surface area contributed by atoms with E-state index in [-0.39, 0.29) is 0 Å². The molecule has 0 saturated carbocycles. The minimum absolute atomic E-state index is 0.581. The van der Waals surface area contributed by atoms with Crippen LogP contribution in [0.1, 0.15) is 36.4 Å². The highest BCUT2D eigenvalue weighted by Crippen LogP contribution is 2.20. The number of aromatic nitrogens is 3. The zero-order chi connectivity index (χ0) is 16.9. The number of hydrogen-bond donors (Lipinski definition) is 0. The quantitative estimate of drug-likeness (QED) is 0.660. The Morgan fingerprint density at radius 3 is 2.58 bits per heavy atom. The SMILES string of the molecule is CCCc1noc(CN(C)Cc2cc(-c3ccc(C)cc3)no2)n1. The van der Waals surface area contributed by atoms with Crippen LogP contribution in [-0.2, 0) is 19.5 Å². The van der Waals surface area contributed by atoms with Gasteiger partial charge in [0, 0.05) is 18.1 Å². The van der Waals surface area contributed by atoms with Crippen molar-refractivity contribution in [2.45, 2.75) is 39.8 Å². The van der Waals surface area contributed by atoms with E-state index >= 15 is 0 Å². The molecule has 0 amide bonds. The molecule has 24 heavy (non-hydrogen) atoms. The molecule has 2 heterocycles. The predicted molar refractivity (Wildman–Crippen MR) is 90.1 cm³/mol. The van der Waals surface area contributed by atoms with Crippen molar-refractivity contribution in [1.29, 1.82) is 0 Å². The number of hydrogen-bond acceptors (Lipinski definition) is 6. The molecule has 6 nitrogen and oxygen atoms in total. The Morgan fingerprint density at radius 1 is 1.04 bits per heavy atom. The largest absolute Gasteiger partial charge is 0.359 e. The summed E-state index contributed by atoms with van der Waals surface area (Å²) in [6.45, 7) is 5.37. The van der Waals surface area contributed by atoms with Crippen LogP contribution in [0.15, 0.2) is 39.4 Å². The van der Waals surface area contributed by atoms with Crippen LogP contribution in [0.5, 0.6) is 0 Å². The second kappa shape index (κ2) is 7.40. The third-order valence-corrected chi connectivity index (χ3v) is 3.72. The first kappa shape index (κ1) is 16.4. The van der Waals surface area contributed by atoms with E-state index in [1.165, 1.54) is 5.56 Å². The van der Waals surface area contributed by atoms with Crippen LogP contribution in [0.4, 0.5) is 0 Å². The molecular formula is C18H22N4O2. The van der Waals surface area contributed by atoms with Crippen LogP contribution < -0.4 is 0 Å². The summed E-state index contributed by atoms with van der Waals surface area (Å²) in [6, 6.07) is 10.2. The number of aryl methyl sites for hydroxylation is 2. The van der Waals surface area contributed by atoms with Crippen LogP contribution in [0, 0.1) is 6.92 Å². The van der Waals surface area contributed by atoms with Gasteiger partial charge in [0.25, 0.3) is 0 Å². The fourth-order valence-corrected chi connectivity index (χ4v) is 2.48. The van der Waals surface area contributed by atoms with Gasteiger partial charge < -0.3 is 9.05 Å². The lowest BCUT2D eigenvalue weighted by Crippen LogP contribution is -2.17. The van der Waals surface area contributed by atoms with Crippen molar-refractivity contribution >= 4 is 0 Å². The summed E-state index contributed by atoms with van der Waals surface area (Å²) >= 11 is 0. The molecule has 2 aromatic heterocycles. The Balaban J connectivity index is 1.60. The molecule has 126 valence electrons. The molecule has 0 saturated heterocycles. The molecule has 6 heteroatoms. The van der Waals surface area contributed by atoms with E-state index in [1.54, 1.807) is 0 Å². The molecule has 3 aromatic rings. The smallest absolute Gasteiger partial charge is 0.240 e. The third kappa shape index (κ3) is 4.08. The molecule has 0 aliphatic heterocycles. The second-order valence-corrected chi connectivity index (χ2v) is 6.07. The highest BCUT2D eigenvalue weighted by molar-refractivity contribution is 5.59. The van der Waals surface area contributed by atoms with Gasteiger partial charge in [-0.3, -0.25) is 4.90 Å². The maximum absolute atomic E-state index is 5.44. The van der Waals surface area contributed by atoms with E-state index in [2.05, 4.69) is 46.2 Å². The van der Waals surface area contributed by atoms with Crippen molar-refractivity contribution < 1.29 is 9.05 Å². The molecule has 0 spiro atoms. The molecule has 0 unspecified atom stereocenters. The van der Waals surface area contributed by atoms with Gasteiger partial charge in [0.1, 0.15) is 5.69 Å². The minimum atomic E-state index is 0.581. The van der Waals surface area contributed by atoms with Gasteiger partial charge in [0.15, 0.2) is 11.6 Å². The number of rotatable bonds is 7. The molecule has 0 aliphatic rings. The standard InChI is InChI=1S/C18H22N4O2/c1-4-5-17-19-18(24-21-17)12-22(3)11-15-10-16(20-23-15)14-8-6-13(2)7-9-14/h6-10H,4-5,11-12H2,1-3H3. The molecule has 0 aliphatic carbocycles. The average molecular weight is 326 g/mol. The average Bonchev–Trinajstić information content (AvgIpc) is 3.18. The lowest BCUT2D eigenvalue weighted by molar-refractivity contribution is 0.233. The lowest BCUT2D eigenvalue weighted by atomic mass is 10.1. The monoisotopic (exact) mass is 326 g/mol. The Morgan fingerprint density at radius 2 is 1.83 bits per heavy atom. The zero-order valence-corrected chi connectivity index (χ0v) is 14.3. The van der Waals surface area contributed by atoms with Crippen molar-refractivity contribution in [2.24, 2.45) is 0 Å². The van der Waals surface area contributed by atoms with E-state index in [4.69, 9.17) is 9.05 Å². The Bertz CT molecular complexity index is 776. The molecule has 0 atom stereocenters. The minimum Gasteiger partial charge on any atom is -0.359 e. The van der Waals surface area contributed by atoms with Gasteiger partial charge in [-0.1, -0.05) is 47.1 Å². The second-order valence-electron chi connectivity index (χ2n) is 6.07. The lowest BCUT2D eigenvalue weighted by Gasteiger charge is -2.10. The van der Waals surface area contributed by atoms with Gasteiger partial charge in [0.05, 0.1) is 13.1 Å². The van der Waals surface area contributed by atoms with Gasteiger partial charge in [0.2, 0.25) is 5.89 Å². The van der Waals surface area contributed by atoms with E-state index in [9.17, 15) is 0 Å². The van der Waals surface area contributed by atoms with Gasteiger partial charge in [-0.05, 0) is 20.4 Å². The van der Waals surface area contributed by atoms with Gasteiger partial charge in [-0.2, -0.15) is 4.98 Å². The van der Waals surface area contributed by atoms with Crippen LogP contribution in [-0.4, -0.2) is 27.2 Å². The third-order valence-electron chi connectivity index (χ3n) is 3.72. The summed E-state index contributed by atoms with van der Waals surface area (Å²) in [5, 5.41) is 8.12. The molecule has 0 fully saturated rings. The van der Waals surface area contributed by atoms with Crippen LogP contribution >= 0.6 is 0 Å². The highest BCUT2D eigenvalue weighted by Gasteiger charge is 2.12. The van der Waals surface area contributed by atoms with Gasteiger partial charge in [-0.15, -0.1) is 0 Å². The van der Waals surface area contributed by atoms with Crippen molar-refractivity contribution in [3.63, 3.8) is 0 Å². The summed E-state index contributed by atoms with van der Waals surface area (Å²) in [4.78, 5) is 6.44. The summed E-state index contributed by atoms with van der Waals surface area (Å²) in [5.41, 5.74) is 3.13. The Kier molecular flexibility index (Phi) is 5.05. The fraction of sp³-hybridized carbons (Fsp3) is 0.389. The van der Waals surface area contributed by atoms with Crippen LogP contribution in [0.3, 0.4) is 0 Å². The van der Waals surface area contributed by atoms with Crippen molar-refractivity contribution in [3.05, 3.63) is 53.4 Å². The van der Waals surface area contributed by atoms with Crippen LogP contribution in [0.2, 0.25) is 0 Å². The highest BCUT2D eigenvalue weighted by atomic mass is 16.5. The fourth-order valence-electron chi connectivity index (χ4n) is 2.48. The van der Waals surface area contributed by atoms with E-state index in [1.807, 2.05) is 25.2 Å². The van der Waals surface area contributed by atoms with E-state index in [0.717, 1.165) is 35.7 Å². The van der Waals surface area contributed by atoms with Crippen molar-refractivity contribution in [3.8, 4) is 11.3 Å². The topological polar surface area (TPSA) is 68.2 Å². The first-order chi connectivity index (χ1) is 11.6. The molecule has 3 rings (SSSR count). The number of nitrogens with zero attached hydrogens (tertiary/aromatic N) is 4. The summed E-state index contributed by atoms with van der Waals surface area (Å²) in [7, 11) is 1.98. The van der Waals surface area contributed by atoms with Crippen molar-refractivity contribution in [1.82, 2.24) is 20.2 Å². The van der Waals surface area contributed by atoms with Gasteiger partial charge >= 0.3 is 0 Å². The summed E-state index contributed by atoms with van der Waals surface area (Å²) in [6.07, 6.45) is 1.85. The van der Waals surface area contributed by atoms with Gasteiger partial charge in [-0.25, -0.2) is 0 Å². The summed E-state index contributed by atoms with van der Waals surface area (Å²) < 4.78 is 10.7. The predicted octanol–water partition coefficient (Wildman–Crippen LogP) is 3.62. The molecule has 1 aromatic carbocycles.